The minimum absolute atomic E-state index is 0.0142. The third kappa shape index (κ3) is 4.55. The van der Waals surface area contributed by atoms with Gasteiger partial charge in [0.2, 0.25) is 0 Å². The van der Waals surface area contributed by atoms with Gasteiger partial charge in [-0.2, -0.15) is 0 Å². The maximum absolute atomic E-state index is 13.0. The normalized spacial score (nSPS) is 52.7. The number of ether oxygens (including phenoxy) is 1. The van der Waals surface area contributed by atoms with Crippen LogP contribution < -0.4 is 0 Å². The van der Waals surface area contributed by atoms with Gasteiger partial charge in [-0.05, 0) is 115 Å². The highest BCUT2D eigenvalue weighted by Crippen LogP contribution is 2.76. The van der Waals surface area contributed by atoms with Gasteiger partial charge in [0.05, 0.1) is 18.1 Å². The number of carboxylic acids is 1. The first kappa shape index (κ1) is 33.9. The molecular formula is C37H60O8. The molecule has 8 heteroatoms. The Morgan fingerprint density at radius 1 is 0.889 bits per heavy atom. The molecule has 1 saturated heterocycles. The van der Waals surface area contributed by atoms with Crippen LogP contribution in [0.3, 0.4) is 0 Å². The van der Waals surface area contributed by atoms with E-state index in [0.717, 1.165) is 64.2 Å². The SMILES string of the molecule is CC1(C)CC[C@]2(C(=O)O)CC[C@]3(C)C(=CCC4[C@@]5(C)CC[C@@H](C(O)[C@@H]6OC(CO)[C@H](O)C(O)[C@@H]6O)C(C)(C)C5CC[C@]43C)C2C1. The molecule has 0 bridgehead atoms. The van der Waals surface area contributed by atoms with E-state index in [1.165, 1.54) is 5.57 Å². The summed E-state index contributed by atoms with van der Waals surface area (Å²) in [4.78, 5) is 13.0. The van der Waals surface area contributed by atoms with Gasteiger partial charge in [-0.15, -0.1) is 0 Å². The van der Waals surface area contributed by atoms with Crippen molar-refractivity contribution in [2.75, 3.05) is 6.61 Å². The van der Waals surface area contributed by atoms with Crippen LogP contribution in [0.25, 0.3) is 0 Å². The zero-order valence-corrected chi connectivity index (χ0v) is 28.6. The molecule has 14 atom stereocenters. The van der Waals surface area contributed by atoms with E-state index in [0.29, 0.717) is 11.8 Å². The van der Waals surface area contributed by atoms with Gasteiger partial charge in [-0.1, -0.05) is 60.1 Å². The van der Waals surface area contributed by atoms with Gasteiger partial charge in [-0.3, -0.25) is 4.79 Å². The third-order valence-electron chi connectivity index (χ3n) is 15.9. The van der Waals surface area contributed by atoms with Gasteiger partial charge in [0.1, 0.15) is 30.5 Å². The molecule has 0 aromatic carbocycles. The smallest absolute Gasteiger partial charge is 0.310 e. The summed E-state index contributed by atoms with van der Waals surface area (Å²) in [7, 11) is 0. The number of aliphatic hydroxyl groups excluding tert-OH is 5. The lowest BCUT2D eigenvalue weighted by Gasteiger charge is -2.71. The Morgan fingerprint density at radius 3 is 2.20 bits per heavy atom. The Hall–Kier alpha value is -1.03. The number of allylic oxidation sites excluding steroid dienone is 2. The second kappa shape index (κ2) is 10.7. The maximum Gasteiger partial charge on any atom is 0.310 e. The van der Waals surface area contributed by atoms with Crippen LogP contribution >= 0.6 is 0 Å². The molecule has 0 aromatic heterocycles. The molecule has 6 unspecified atom stereocenters. The molecule has 1 aliphatic heterocycles. The predicted octanol–water partition coefficient (Wildman–Crippen LogP) is 4.69. The van der Waals surface area contributed by atoms with Crippen molar-refractivity contribution in [2.45, 2.75) is 149 Å². The van der Waals surface area contributed by atoms with E-state index in [1.54, 1.807) is 0 Å². The van der Waals surface area contributed by atoms with Crippen LogP contribution in [0.15, 0.2) is 11.6 Å². The topological polar surface area (TPSA) is 148 Å². The molecule has 6 aliphatic rings. The summed E-state index contributed by atoms with van der Waals surface area (Å²) in [5, 5.41) is 63.8. The summed E-state index contributed by atoms with van der Waals surface area (Å²) in [6, 6.07) is 0. The van der Waals surface area contributed by atoms with Crippen molar-refractivity contribution in [3.8, 4) is 0 Å². The Labute approximate surface area is 269 Å². The van der Waals surface area contributed by atoms with E-state index >= 15 is 0 Å². The summed E-state index contributed by atoms with van der Waals surface area (Å²) in [6.07, 6.45) is 3.91. The van der Waals surface area contributed by atoms with Crippen molar-refractivity contribution in [1.82, 2.24) is 0 Å². The van der Waals surface area contributed by atoms with Crippen molar-refractivity contribution in [3.05, 3.63) is 11.6 Å². The molecule has 5 fully saturated rings. The van der Waals surface area contributed by atoms with Gasteiger partial charge in [0, 0.05) is 0 Å². The van der Waals surface area contributed by atoms with Crippen molar-refractivity contribution in [3.63, 3.8) is 0 Å². The van der Waals surface area contributed by atoms with Gasteiger partial charge < -0.3 is 35.4 Å². The lowest BCUT2D eigenvalue weighted by Crippen LogP contribution is -2.67. The molecule has 0 amide bonds. The van der Waals surface area contributed by atoms with E-state index in [-0.39, 0.29) is 38.9 Å². The summed E-state index contributed by atoms with van der Waals surface area (Å²) in [6.45, 7) is 16.0. The number of rotatable bonds is 4. The van der Waals surface area contributed by atoms with E-state index in [9.17, 15) is 35.4 Å². The van der Waals surface area contributed by atoms with E-state index in [4.69, 9.17) is 4.74 Å². The molecule has 6 N–H and O–H groups in total. The van der Waals surface area contributed by atoms with Gasteiger partial charge >= 0.3 is 5.97 Å². The van der Waals surface area contributed by atoms with Crippen molar-refractivity contribution >= 4 is 5.97 Å². The van der Waals surface area contributed by atoms with Crippen LogP contribution in [0, 0.1) is 56.2 Å². The number of hydrogen-bond donors (Lipinski definition) is 6. The fraction of sp³-hybridized carbons (Fsp3) is 0.919. The van der Waals surface area contributed by atoms with Crippen LogP contribution in [0.1, 0.15) is 113 Å². The van der Waals surface area contributed by atoms with Crippen LogP contribution in [-0.2, 0) is 9.53 Å². The highest BCUT2D eigenvalue weighted by atomic mass is 16.6. The first-order valence-corrected chi connectivity index (χ1v) is 17.7. The minimum atomic E-state index is -1.50. The molecule has 45 heavy (non-hydrogen) atoms. The lowest BCUT2D eigenvalue weighted by molar-refractivity contribution is -0.267. The quantitative estimate of drug-likeness (QED) is 0.245. The fourth-order valence-corrected chi connectivity index (χ4v) is 12.9. The van der Waals surface area contributed by atoms with Gasteiger partial charge in [0.15, 0.2) is 0 Å². The van der Waals surface area contributed by atoms with E-state index in [2.05, 4.69) is 54.5 Å². The second-order valence-electron chi connectivity index (χ2n) is 18.4. The van der Waals surface area contributed by atoms with Crippen LogP contribution in [0.2, 0.25) is 0 Å². The Balaban J connectivity index is 1.31. The molecule has 8 nitrogen and oxygen atoms in total. The average Bonchev–Trinajstić information content (AvgIpc) is 2.95. The molecule has 5 aliphatic carbocycles. The predicted molar refractivity (Wildman–Crippen MR) is 170 cm³/mol. The molecular weight excluding hydrogens is 572 g/mol. The number of carboxylic acid groups (broad SMARTS) is 1. The first-order valence-electron chi connectivity index (χ1n) is 17.7. The summed E-state index contributed by atoms with van der Waals surface area (Å²) < 4.78 is 5.85. The first-order chi connectivity index (χ1) is 20.8. The lowest BCUT2D eigenvalue weighted by atomic mass is 9.33. The van der Waals surface area contributed by atoms with Gasteiger partial charge in [0.25, 0.3) is 0 Å². The van der Waals surface area contributed by atoms with Crippen LogP contribution in [0.4, 0.5) is 0 Å². The van der Waals surface area contributed by atoms with Crippen molar-refractivity contribution < 1.29 is 40.2 Å². The van der Waals surface area contributed by atoms with Gasteiger partial charge in [-0.25, -0.2) is 0 Å². The molecule has 1 heterocycles. The summed E-state index contributed by atoms with van der Waals surface area (Å²) in [5.74, 6) is 0.0295. The van der Waals surface area contributed by atoms with Crippen molar-refractivity contribution in [2.24, 2.45) is 56.2 Å². The Morgan fingerprint density at radius 2 is 1.56 bits per heavy atom. The monoisotopic (exact) mass is 632 g/mol. The second-order valence-corrected chi connectivity index (χ2v) is 18.4. The molecule has 6 rings (SSSR count). The zero-order valence-electron chi connectivity index (χ0n) is 28.6. The maximum atomic E-state index is 13.0. The highest BCUT2D eigenvalue weighted by molar-refractivity contribution is 5.76. The minimum Gasteiger partial charge on any atom is -0.481 e. The van der Waals surface area contributed by atoms with Crippen molar-refractivity contribution in [1.29, 1.82) is 0 Å². The Bertz CT molecular complexity index is 1210. The third-order valence-corrected chi connectivity index (χ3v) is 15.9. The fourth-order valence-electron chi connectivity index (χ4n) is 12.9. The molecule has 0 radical (unpaired) electrons. The number of hydrogen-bond acceptors (Lipinski definition) is 7. The molecule has 4 saturated carbocycles. The average molecular weight is 633 g/mol. The zero-order chi connectivity index (χ0) is 33.1. The van der Waals surface area contributed by atoms with E-state index in [1.807, 2.05) is 0 Å². The van der Waals surface area contributed by atoms with Crippen LogP contribution in [0.5, 0.6) is 0 Å². The standard InChI is InChI=1S/C37H60O8/c1-32(2)14-16-37(31(43)44)17-15-35(6)20(22(37)18-32)8-9-25-34(5)12-10-21(33(3,4)24(34)11-13-36(25,35)7)26(39)30-29(42)28(41)27(40)23(19-38)45-30/h8,21-30,38-42H,9-19H2,1-7H3,(H,43,44)/t21-,22?,23?,24?,25?,26?,27-,28?,29-,30-,34-,35+,36+,37-/m0/s1. The molecule has 0 aromatic rings. The number of aliphatic hydroxyl groups is 5. The number of fused-ring (bicyclic) bond motifs is 7. The number of aliphatic carboxylic acids is 1. The molecule has 0 spiro atoms. The number of carbonyl (C=O) groups is 1. The molecule has 256 valence electrons. The van der Waals surface area contributed by atoms with Crippen LogP contribution in [-0.4, -0.2) is 79.8 Å². The Kier molecular flexibility index (Phi) is 8.08. The summed E-state index contributed by atoms with van der Waals surface area (Å²) in [5.41, 5.74) is 0.609. The largest absolute Gasteiger partial charge is 0.481 e. The van der Waals surface area contributed by atoms with E-state index < -0.39 is 54.6 Å². The highest BCUT2D eigenvalue weighted by Gasteiger charge is 2.70. The summed E-state index contributed by atoms with van der Waals surface area (Å²) >= 11 is 0.